The molecule has 3 fully saturated rings. The summed E-state index contributed by atoms with van der Waals surface area (Å²) in [5.74, 6) is 0.0701. The van der Waals surface area contributed by atoms with E-state index in [1.807, 2.05) is 6.07 Å². The van der Waals surface area contributed by atoms with E-state index in [2.05, 4.69) is 25.7 Å². The van der Waals surface area contributed by atoms with Crippen molar-refractivity contribution in [2.24, 2.45) is 22.1 Å². The van der Waals surface area contributed by atoms with Crippen LogP contribution in [-0.4, -0.2) is 54.0 Å². The molecule has 0 spiro atoms. The first-order valence-corrected chi connectivity index (χ1v) is 10.2. The smallest absolute Gasteiger partial charge is 0.308 e. The molecule has 11 heteroatoms. The van der Waals surface area contributed by atoms with Gasteiger partial charge in [0.25, 0.3) is 10.1 Å². The van der Waals surface area contributed by atoms with Crippen LogP contribution < -0.4 is 10.6 Å². The average molecular weight is 382 g/mol. The van der Waals surface area contributed by atoms with Gasteiger partial charge in [-0.1, -0.05) is 0 Å². The molecule has 3 rings (SSSR count). The van der Waals surface area contributed by atoms with Crippen molar-refractivity contribution in [3.8, 4) is 6.07 Å². The molecule has 2 saturated carbocycles. The average Bonchev–Trinajstić information content (AvgIpc) is 3.02. The first-order valence-electron chi connectivity index (χ1n) is 8.66. The first kappa shape index (κ1) is 19.1. The van der Waals surface area contributed by atoms with Crippen molar-refractivity contribution in [2.45, 2.75) is 68.0 Å². The van der Waals surface area contributed by atoms with Gasteiger partial charge in [-0.15, -0.1) is 0 Å². The normalized spacial score (nSPS) is 43.5. The molecular formula is C15H22N6O4S. The van der Waals surface area contributed by atoms with E-state index in [0.29, 0.717) is 32.1 Å². The molecule has 0 amide bonds. The molecule has 1 saturated heterocycles. The van der Waals surface area contributed by atoms with Crippen molar-refractivity contribution in [1.82, 2.24) is 10.6 Å². The molecule has 3 aliphatic rings. The van der Waals surface area contributed by atoms with Crippen LogP contribution in [0, 0.1) is 29.7 Å². The minimum atomic E-state index is -4.05. The number of hydrogen-bond donors (Lipinski definition) is 4. The molecule has 2 aliphatic carbocycles. The van der Waals surface area contributed by atoms with Crippen LogP contribution in [0.2, 0.25) is 0 Å². The highest BCUT2D eigenvalue weighted by molar-refractivity contribution is 7.86. The first-order chi connectivity index (χ1) is 12.3. The molecule has 4 N–H and O–H groups in total. The summed E-state index contributed by atoms with van der Waals surface area (Å²) in [4.78, 5) is 3.32. The van der Waals surface area contributed by atoms with Crippen LogP contribution in [0.4, 0.5) is 0 Å². The van der Waals surface area contributed by atoms with Gasteiger partial charge in [0.05, 0.1) is 23.5 Å². The minimum absolute atomic E-state index is 0.00493. The summed E-state index contributed by atoms with van der Waals surface area (Å²) in [5.41, 5.74) is 0. The zero-order chi connectivity index (χ0) is 18.9. The summed E-state index contributed by atoms with van der Waals surface area (Å²) < 4.78 is 32.2. The predicted molar refractivity (Wildman–Crippen MR) is 89.9 cm³/mol. The number of fused-ring (bicyclic) bond motifs is 1. The molecule has 10 nitrogen and oxygen atoms in total. The molecule has 142 valence electrons. The molecule has 26 heavy (non-hydrogen) atoms. The summed E-state index contributed by atoms with van der Waals surface area (Å²) >= 11 is 0. The van der Waals surface area contributed by atoms with Crippen molar-refractivity contribution >= 4 is 10.1 Å². The van der Waals surface area contributed by atoms with Crippen molar-refractivity contribution in [1.29, 1.82) is 5.26 Å². The molecule has 8 atom stereocenters. The Morgan fingerprint density at radius 2 is 1.96 bits per heavy atom. The van der Waals surface area contributed by atoms with E-state index in [1.54, 1.807) is 0 Å². The second-order valence-corrected chi connectivity index (χ2v) is 8.85. The van der Waals surface area contributed by atoms with Gasteiger partial charge in [0.15, 0.2) is 12.3 Å². The molecule has 1 aliphatic heterocycles. The largest absolute Gasteiger partial charge is 0.391 e. The number of azo groups is 1. The highest BCUT2D eigenvalue weighted by atomic mass is 32.2. The van der Waals surface area contributed by atoms with Crippen molar-refractivity contribution in [3.63, 3.8) is 0 Å². The third-order valence-corrected chi connectivity index (χ3v) is 6.93. The number of hydrogen-bond acceptors (Lipinski definition) is 8. The molecule has 0 aromatic heterocycles. The SMILES string of the molecule is [C-]#[N+]C1NC(N=NC2C(O)CCC3CC(S(=O)(=O)O)CCC32)NC1C#N. The summed E-state index contributed by atoms with van der Waals surface area (Å²) in [6, 6.07) is 0.860. The number of nitrogens with one attached hydrogen (secondary N) is 2. The maximum Gasteiger partial charge on any atom is 0.308 e. The van der Waals surface area contributed by atoms with E-state index < -0.39 is 46.0 Å². The lowest BCUT2D eigenvalue weighted by Crippen LogP contribution is -2.46. The van der Waals surface area contributed by atoms with Gasteiger partial charge in [0.2, 0.25) is 0 Å². The van der Waals surface area contributed by atoms with Gasteiger partial charge in [-0.05, 0) is 43.9 Å². The second kappa shape index (κ2) is 7.55. The summed E-state index contributed by atoms with van der Waals surface area (Å²) in [7, 11) is -4.05. The Kier molecular flexibility index (Phi) is 5.55. The Morgan fingerprint density at radius 3 is 2.58 bits per heavy atom. The monoisotopic (exact) mass is 382 g/mol. The van der Waals surface area contributed by atoms with E-state index in [1.165, 1.54) is 0 Å². The van der Waals surface area contributed by atoms with Gasteiger partial charge >= 0.3 is 6.17 Å². The Bertz CT molecular complexity index is 722. The van der Waals surface area contributed by atoms with Gasteiger partial charge in [-0.25, -0.2) is 11.9 Å². The van der Waals surface area contributed by atoms with Crippen molar-refractivity contribution in [2.75, 3.05) is 0 Å². The third-order valence-electron chi connectivity index (χ3n) is 5.66. The standard InChI is InChI=1S/C15H22N6O4S/c1-17-14-11(7-16)18-15(19-14)21-20-13-10-4-3-9(26(23,24)25)6-8(10)2-5-12(13)22/h8-15,18-19,22H,2-6H2,(H,23,24,25). The lowest BCUT2D eigenvalue weighted by Gasteiger charge is -2.43. The lowest BCUT2D eigenvalue weighted by molar-refractivity contribution is 0.0239. The Hall–Kier alpha value is -1.63. The topological polar surface area (TPSA) is 152 Å². The van der Waals surface area contributed by atoms with Gasteiger partial charge in [-0.3, -0.25) is 14.7 Å². The Labute approximate surface area is 152 Å². The molecule has 0 bridgehead atoms. The quantitative estimate of drug-likeness (QED) is 0.310. The Morgan fingerprint density at radius 1 is 1.19 bits per heavy atom. The van der Waals surface area contributed by atoms with Crippen LogP contribution in [0.3, 0.4) is 0 Å². The molecule has 0 radical (unpaired) electrons. The predicted octanol–water partition coefficient (Wildman–Crippen LogP) is 0.249. The van der Waals surface area contributed by atoms with Gasteiger partial charge in [0, 0.05) is 0 Å². The van der Waals surface area contributed by atoms with Gasteiger partial charge in [-0.2, -0.15) is 23.9 Å². The Balaban J connectivity index is 1.68. The number of nitriles is 1. The van der Waals surface area contributed by atoms with Crippen LogP contribution in [-0.2, 0) is 10.1 Å². The number of rotatable bonds is 3. The number of nitrogens with zero attached hydrogens (tertiary/aromatic N) is 4. The fourth-order valence-corrected chi connectivity index (χ4v) is 5.22. The van der Waals surface area contributed by atoms with Gasteiger partial charge in [0.1, 0.15) is 0 Å². The van der Waals surface area contributed by atoms with Crippen LogP contribution >= 0.6 is 0 Å². The van der Waals surface area contributed by atoms with E-state index in [-0.39, 0.29) is 11.8 Å². The van der Waals surface area contributed by atoms with E-state index >= 15 is 0 Å². The van der Waals surface area contributed by atoms with E-state index in [4.69, 9.17) is 11.8 Å². The van der Waals surface area contributed by atoms with E-state index in [9.17, 15) is 18.1 Å². The van der Waals surface area contributed by atoms with E-state index in [0.717, 1.165) is 0 Å². The summed E-state index contributed by atoms with van der Waals surface area (Å²) in [6.07, 6.45) is 0.436. The molecular weight excluding hydrogens is 360 g/mol. The molecule has 1 heterocycles. The molecule has 0 aromatic carbocycles. The minimum Gasteiger partial charge on any atom is -0.391 e. The summed E-state index contributed by atoms with van der Waals surface area (Å²) in [6.45, 7) is 7.06. The van der Waals surface area contributed by atoms with Gasteiger partial charge < -0.3 is 5.11 Å². The second-order valence-electron chi connectivity index (χ2n) is 7.16. The van der Waals surface area contributed by atoms with Crippen LogP contribution in [0.1, 0.15) is 32.1 Å². The zero-order valence-electron chi connectivity index (χ0n) is 14.1. The zero-order valence-corrected chi connectivity index (χ0v) is 14.9. The fraction of sp³-hybridized carbons (Fsp3) is 0.867. The number of aliphatic hydroxyl groups is 1. The number of aliphatic hydroxyl groups excluding tert-OH is 1. The lowest BCUT2D eigenvalue weighted by atomic mass is 9.67. The van der Waals surface area contributed by atoms with Crippen molar-refractivity contribution < 1.29 is 18.1 Å². The highest BCUT2D eigenvalue weighted by Crippen LogP contribution is 2.43. The highest BCUT2D eigenvalue weighted by Gasteiger charge is 2.45. The maximum atomic E-state index is 11.4. The van der Waals surface area contributed by atoms with Crippen LogP contribution in [0.25, 0.3) is 4.85 Å². The maximum absolute atomic E-state index is 11.4. The fourth-order valence-electron chi connectivity index (χ4n) is 4.30. The third kappa shape index (κ3) is 3.87. The molecule has 8 unspecified atom stereocenters. The van der Waals surface area contributed by atoms with Crippen LogP contribution in [0.15, 0.2) is 10.2 Å². The molecule has 0 aromatic rings. The van der Waals surface area contributed by atoms with Crippen molar-refractivity contribution in [3.05, 3.63) is 11.4 Å². The summed E-state index contributed by atoms with van der Waals surface area (Å²) in [5, 5.41) is 32.7. The van der Waals surface area contributed by atoms with Crippen LogP contribution in [0.5, 0.6) is 0 Å².